The van der Waals surface area contributed by atoms with Crippen molar-refractivity contribution in [2.24, 2.45) is 0 Å². The molecule has 0 saturated carbocycles. The van der Waals surface area contributed by atoms with Crippen molar-refractivity contribution >= 4 is 37.7 Å². The fourth-order valence-corrected chi connectivity index (χ4v) is 2.61. The van der Waals surface area contributed by atoms with E-state index in [-0.39, 0.29) is 0 Å². The van der Waals surface area contributed by atoms with Crippen LogP contribution < -0.4 is 0 Å². The number of hydrogen-bond acceptors (Lipinski definition) is 2. The van der Waals surface area contributed by atoms with Gasteiger partial charge >= 0.3 is 0 Å². The number of rotatable bonds is 1. The van der Waals surface area contributed by atoms with Crippen molar-refractivity contribution in [2.75, 3.05) is 0 Å². The maximum atomic E-state index is 4.70. The molecule has 2 heterocycles. The zero-order chi connectivity index (χ0) is 13.5. The van der Waals surface area contributed by atoms with E-state index in [1.165, 1.54) is 0 Å². The number of pyridine rings is 1. The molecule has 3 nitrogen and oxygen atoms in total. The molecule has 0 aliphatic carbocycles. The van der Waals surface area contributed by atoms with Crippen LogP contribution in [0.5, 0.6) is 0 Å². The predicted octanol–water partition coefficient (Wildman–Crippen LogP) is 4.34. The molecule has 0 aliphatic heterocycles. The van der Waals surface area contributed by atoms with Crippen LogP contribution in [0.15, 0.2) is 65.4 Å². The Morgan fingerprint density at radius 2 is 1.75 bits per heavy atom. The lowest BCUT2D eigenvalue weighted by Gasteiger charge is -2.00. The Morgan fingerprint density at radius 1 is 0.950 bits per heavy atom. The fourth-order valence-electron chi connectivity index (χ4n) is 2.34. The van der Waals surface area contributed by atoms with Crippen LogP contribution in [0.4, 0.5) is 0 Å². The SMILES string of the molecule is Brc1ccc(-n2cc3cnc4ccccc4c3n2)cc1. The maximum Gasteiger partial charge on any atom is 0.104 e. The van der Waals surface area contributed by atoms with Gasteiger partial charge in [0.15, 0.2) is 0 Å². The van der Waals surface area contributed by atoms with E-state index < -0.39 is 0 Å². The van der Waals surface area contributed by atoms with Crippen LogP contribution in [0.25, 0.3) is 27.5 Å². The zero-order valence-electron chi connectivity index (χ0n) is 10.5. The number of fused-ring (bicyclic) bond motifs is 3. The smallest absolute Gasteiger partial charge is 0.104 e. The van der Waals surface area contributed by atoms with E-state index in [4.69, 9.17) is 5.10 Å². The molecule has 2 aromatic heterocycles. The quantitative estimate of drug-likeness (QED) is 0.521. The molecule has 0 aliphatic rings. The molecule has 0 unspecified atom stereocenters. The van der Waals surface area contributed by atoms with Crippen LogP contribution >= 0.6 is 15.9 Å². The molecule has 0 saturated heterocycles. The standard InChI is InChI=1S/C16H10BrN3/c17-12-5-7-13(8-6-12)20-10-11-9-18-15-4-2-1-3-14(15)16(11)19-20/h1-10H. The van der Waals surface area contributed by atoms with Gasteiger partial charge in [0.2, 0.25) is 0 Å². The Bertz CT molecular complexity index is 910. The molecule has 4 heteroatoms. The summed E-state index contributed by atoms with van der Waals surface area (Å²) in [5, 5.41) is 6.83. The lowest BCUT2D eigenvalue weighted by atomic mass is 10.2. The number of benzene rings is 2. The molecule has 2 aromatic carbocycles. The minimum absolute atomic E-state index is 0.973. The van der Waals surface area contributed by atoms with Gasteiger partial charge in [-0.05, 0) is 30.3 Å². The largest absolute Gasteiger partial charge is 0.255 e. The second-order valence-corrected chi connectivity index (χ2v) is 5.55. The van der Waals surface area contributed by atoms with Crippen LogP contribution in [0, 0.1) is 0 Å². The fraction of sp³-hybridized carbons (Fsp3) is 0. The summed E-state index contributed by atoms with van der Waals surface area (Å²) in [7, 11) is 0. The second kappa shape index (κ2) is 4.42. The second-order valence-electron chi connectivity index (χ2n) is 4.63. The number of hydrogen-bond donors (Lipinski definition) is 0. The molecule has 4 rings (SSSR count). The highest BCUT2D eigenvalue weighted by molar-refractivity contribution is 9.10. The van der Waals surface area contributed by atoms with Gasteiger partial charge in [-0.2, -0.15) is 5.10 Å². The van der Waals surface area contributed by atoms with Gasteiger partial charge in [-0.3, -0.25) is 4.98 Å². The molecule has 0 fully saturated rings. The first-order valence-electron chi connectivity index (χ1n) is 6.30. The lowest BCUT2D eigenvalue weighted by Crippen LogP contribution is -1.93. The van der Waals surface area contributed by atoms with Gasteiger partial charge in [0.25, 0.3) is 0 Å². The molecule has 20 heavy (non-hydrogen) atoms. The summed E-state index contributed by atoms with van der Waals surface area (Å²) in [6.07, 6.45) is 3.89. The van der Waals surface area contributed by atoms with E-state index in [2.05, 4.69) is 27.0 Å². The van der Waals surface area contributed by atoms with Crippen LogP contribution in [-0.4, -0.2) is 14.8 Å². The Morgan fingerprint density at radius 3 is 2.60 bits per heavy atom. The molecule has 0 amide bonds. The van der Waals surface area contributed by atoms with Crippen LogP contribution in [0.3, 0.4) is 0 Å². The van der Waals surface area contributed by atoms with Crippen molar-refractivity contribution in [3.63, 3.8) is 0 Å². The Hall–Kier alpha value is -2.20. The average molecular weight is 324 g/mol. The van der Waals surface area contributed by atoms with E-state index in [1.54, 1.807) is 0 Å². The average Bonchev–Trinajstić information content (AvgIpc) is 2.92. The number of nitrogens with zero attached hydrogens (tertiary/aromatic N) is 3. The van der Waals surface area contributed by atoms with E-state index >= 15 is 0 Å². The Balaban J connectivity index is 1.98. The number of aromatic nitrogens is 3. The van der Waals surface area contributed by atoms with Gasteiger partial charge in [-0.15, -0.1) is 0 Å². The summed E-state index contributed by atoms with van der Waals surface area (Å²) in [5.41, 5.74) is 2.99. The monoisotopic (exact) mass is 323 g/mol. The third kappa shape index (κ3) is 1.80. The first-order chi connectivity index (χ1) is 9.81. The van der Waals surface area contributed by atoms with Crippen molar-refractivity contribution in [3.8, 4) is 5.69 Å². The van der Waals surface area contributed by atoms with Gasteiger partial charge in [0.1, 0.15) is 5.52 Å². The summed E-state index contributed by atoms with van der Waals surface area (Å²) in [5.74, 6) is 0. The minimum Gasteiger partial charge on any atom is -0.255 e. The predicted molar refractivity (Wildman–Crippen MR) is 84.1 cm³/mol. The minimum atomic E-state index is 0.973. The summed E-state index contributed by atoms with van der Waals surface area (Å²) < 4.78 is 2.95. The first kappa shape index (κ1) is 11.6. The molecule has 0 atom stereocenters. The van der Waals surface area contributed by atoms with Gasteiger partial charge < -0.3 is 0 Å². The van der Waals surface area contributed by atoms with Gasteiger partial charge in [-0.1, -0.05) is 34.1 Å². The molecule has 0 bridgehead atoms. The van der Waals surface area contributed by atoms with Gasteiger partial charge in [0, 0.05) is 27.6 Å². The Kier molecular flexibility index (Phi) is 2.57. The van der Waals surface area contributed by atoms with Crippen molar-refractivity contribution in [2.45, 2.75) is 0 Å². The van der Waals surface area contributed by atoms with Crippen LogP contribution in [0.1, 0.15) is 0 Å². The van der Waals surface area contributed by atoms with Crippen molar-refractivity contribution in [3.05, 3.63) is 65.4 Å². The zero-order valence-corrected chi connectivity index (χ0v) is 12.1. The third-order valence-electron chi connectivity index (χ3n) is 3.34. The topological polar surface area (TPSA) is 30.7 Å². The highest BCUT2D eigenvalue weighted by atomic mass is 79.9. The van der Waals surface area contributed by atoms with Crippen LogP contribution in [0.2, 0.25) is 0 Å². The normalized spacial score (nSPS) is 11.2. The van der Waals surface area contributed by atoms with E-state index in [9.17, 15) is 0 Å². The molecule has 0 radical (unpaired) electrons. The molecule has 4 aromatic rings. The molecule has 0 spiro atoms. The van der Waals surface area contributed by atoms with E-state index in [0.717, 1.165) is 32.0 Å². The molecular weight excluding hydrogens is 314 g/mol. The van der Waals surface area contributed by atoms with Gasteiger partial charge in [-0.25, -0.2) is 4.68 Å². The summed E-state index contributed by atoms with van der Waals surface area (Å²) in [6, 6.07) is 16.2. The number of halogens is 1. The molecule has 96 valence electrons. The van der Waals surface area contributed by atoms with Crippen molar-refractivity contribution < 1.29 is 0 Å². The lowest BCUT2D eigenvalue weighted by molar-refractivity contribution is 0.897. The van der Waals surface area contributed by atoms with Crippen LogP contribution in [-0.2, 0) is 0 Å². The summed E-state index contributed by atoms with van der Waals surface area (Å²) in [6.45, 7) is 0. The third-order valence-corrected chi connectivity index (χ3v) is 3.86. The number of para-hydroxylation sites is 1. The van der Waals surface area contributed by atoms with Crippen molar-refractivity contribution in [1.82, 2.24) is 14.8 Å². The highest BCUT2D eigenvalue weighted by Gasteiger charge is 2.07. The van der Waals surface area contributed by atoms with E-state index in [1.807, 2.05) is 59.5 Å². The van der Waals surface area contributed by atoms with Crippen molar-refractivity contribution in [1.29, 1.82) is 0 Å². The first-order valence-corrected chi connectivity index (χ1v) is 7.10. The summed E-state index contributed by atoms with van der Waals surface area (Å²) >= 11 is 3.45. The Labute approximate surface area is 124 Å². The summed E-state index contributed by atoms with van der Waals surface area (Å²) in [4.78, 5) is 4.47. The molecular formula is C16H10BrN3. The molecule has 0 N–H and O–H groups in total. The maximum absolute atomic E-state index is 4.70. The highest BCUT2D eigenvalue weighted by Crippen LogP contribution is 2.23. The van der Waals surface area contributed by atoms with E-state index in [0.29, 0.717) is 0 Å². The van der Waals surface area contributed by atoms with Gasteiger partial charge in [0.05, 0.1) is 11.2 Å².